The van der Waals surface area contributed by atoms with Crippen molar-refractivity contribution in [3.63, 3.8) is 0 Å². The SMILES string of the molecule is CCN(CC)C(=O)CNCCC1=CCCCC1. The van der Waals surface area contributed by atoms with Crippen LogP contribution in [-0.2, 0) is 4.79 Å². The molecule has 0 bridgehead atoms. The molecule has 0 radical (unpaired) electrons. The average Bonchev–Trinajstić information content (AvgIpc) is 2.37. The van der Waals surface area contributed by atoms with E-state index in [-0.39, 0.29) is 5.91 Å². The fourth-order valence-electron chi connectivity index (χ4n) is 2.26. The van der Waals surface area contributed by atoms with Gasteiger partial charge in [-0.3, -0.25) is 4.79 Å². The Hall–Kier alpha value is -0.830. The van der Waals surface area contributed by atoms with Gasteiger partial charge in [-0.25, -0.2) is 0 Å². The van der Waals surface area contributed by atoms with Crippen LogP contribution in [0, 0.1) is 0 Å². The molecule has 0 spiro atoms. The van der Waals surface area contributed by atoms with Crippen molar-refractivity contribution >= 4 is 5.91 Å². The van der Waals surface area contributed by atoms with Crippen molar-refractivity contribution in [3.05, 3.63) is 11.6 Å². The second kappa shape index (κ2) is 8.29. The lowest BCUT2D eigenvalue weighted by Crippen LogP contribution is -2.38. The fraction of sp³-hybridized carbons (Fsp3) is 0.786. The van der Waals surface area contributed by atoms with Crippen LogP contribution < -0.4 is 5.32 Å². The topological polar surface area (TPSA) is 32.3 Å². The Kier molecular flexibility index (Phi) is 6.94. The smallest absolute Gasteiger partial charge is 0.236 e. The summed E-state index contributed by atoms with van der Waals surface area (Å²) < 4.78 is 0. The maximum absolute atomic E-state index is 11.7. The summed E-state index contributed by atoms with van der Waals surface area (Å²) >= 11 is 0. The number of amides is 1. The minimum absolute atomic E-state index is 0.215. The van der Waals surface area contributed by atoms with Gasteiger partial charge in [0.15, 0.2) is 0 Å². The van der Waals surface area contributed by atoms with Crippen molar-refractivity contribution < 1.29 is 4.79 Å². The van der Waals surface area contributed by atoms with Crippen molar-refractivity contribution in [2.24, 2.45) is 0 Å². The first-order valence-electron chi connectivity index (χ1n) is 6.94. The number of likely N-dealkylation sites (N-methyl/N-ethyl adjacent to an activating group) is 1. The number of hydrogen-bond donors (Lipinski definition) is 1. The molecular weight excluding hydrogens is 212 g/mol. The minimum Gasteiger partial charge on any atom is -0.342 e. The Morgan fingerprint density at radius 1 is 1.35 bits per heavy atom. The normalized spacial score (nSPS) is 15.5. The molecule has 0 atom stereocenters. The highest BCUT2D eigenvalue weighted by Crippen LogP contribution is 2.19. The predicted octanol–water partition coefficient (Wildman–Crippen LogP) is 2.33. The van der Waals surface area contributed by atoms with E-state index in [9.17, 15) is 4.79 Å². The Morgan fingerprint density at radius 3 is 2.71 bits per heavy atom. The molecule has 0 heterocycles. The van der Waals surface area contributed by atoms with Crippen molar-refractivity contribution in [3.8, 4) is 0 Å². The largest absolute Gasteiger partial charge is 0.342 e. The summed E-state index contributed by atoms with van der Waals surface area (Å²) in [6, 6.07) is 0. The van der Waals surface area contributed by atoms with Gasteiger partial charge in [-0.1, -0.05) is 11.6 Å². The number of carbonyl (C=O) groups excluding carboxylic acids is 1. The Balaban J connectivity index is 2.11. The van der Waals surface area contributed by atoms with Gasteiger partial charge < -0.3 is 10.2 Å². The highest BCUT2D eigenvalue weighted by atomic mass is 16.2. The van der Waals surface area contributed by atoms with E-state index in [2.05, 4.69) is 11.4 Å². The number of nitrogens with one attached hydrogen (secondary N) is 1. The maximum Gasteiger partial charge on any atom is 0.236 e. The van der Waals surface area contributed by atoms with Crippen LogP contribution >= 0.6 is 0 Å². The summed E-state index contributed by atoms with van der Waals surface area (Å²) in [4.78, 5) is 13.6. The lowest BCUT2D eigenvalue weighted by molar-refractivity contribution is -0.129. The number of carbonyl (C=O) groups is 1. The van der Waals surface area contributed by atoms with E-state index in [1.807, 2.05) is 18.7 Å². The Bertz CT molecular complexity index is 257. The van der Waals surface area contributed by atoms with Gasteiger partial charge in [-0.2, -0.15) is 0 Å². The van der Waals surface area contributed by atoms with E-state index in [1.54, 1.807) is 5.57 Å². The molecule has 0 aromatic carbocycles. The van der Waals surface area contributed by atoms with Gasteiger partial charge in [0.25, 0.3) is 0 Å². The summed E-state index contributed by atoms with van der Waals surface area (Å²) in [5.74, 6) is 0.215. The quantitative estimate of drug-likeness (QED) is 0.545. The van der Waals surface area contributed by atoms with Crippen molar-refractivity contribution in [2.45, 2.75) is 46.0 Å². The lowest BCUT2D eigenvalue weighted by atomic mass is 9.97. The average molecular weight is 238 g/mol. The zero-order valence-electron chi connectivity index (χ0n) is 11.3. The Labute approximate surface area is 105 Å². The van der Waals surface area contributed by atoms with Crippen LogP contribution in [0.3, 0.4) is 0 Å². The molecule has 98 valence electrons. The summed E-state index contributed by atoms with van der Waals surface area (Å²) in [5.41, 5.74) is 1.57. The van der Waals surface area contributed by atoms with Gasteiger partial charge in [-0.15, -0.1) is 0 Å². The molecule has 1 N–H and O–H groups in total. The van der Waals surface area contributed by atoms with Crippen LogP contribution in [0.15, 0.2) is 11.6 Å². The lowest BCUT2D eigenvalue weighted by Gasteiger charge is -2.19. The van der Waals surface area contributed by atoms with Gasteiger partial charge in [0.05, 0.1) is 6.54 Å². The number of allylic oxidation sites excluding steroid dienone is 1. The first-order chi connectivity index (χ1) is 8.27. The monoisotopic (exact) mass is 238 g/mol. The van der Waals surface area contributed by atoms with Gasteiger partial charge in [-0.05, 0) is 52.5 Å². The molecule has 0 aliphatic heterocycles. The van der Waals surface area contributed by atoms with Gasteiger partial charge in [0, 0.05) is 13.1 Å². The first-order valence-corrected chi connectivity index (χ1v) is 6.94. The maximum atomic E-state index is 11.7. The standard InChI is InChI=1S/C14H26N2O/c1-3-16(4-2)14(17)12-15-11-10-13-8-6-5-7-9-13/h8,15H,3-7,9-12H2,1-2H3. The molecule has 0 aromatic rings. The van der Waals surface area contributed by atoms with Gasteiger partial charge in [0.2, 0.25) is 5.91 Å². The van der Waals surface area contributed by atoms with Crippen LogP contribution in [-0.4, -0.2) is 37.0 Å². The highest BCUT2D eigenvalue weighted by molar-refractivity contribution is 5.78. The van der Waals surface area contributed by atoms with E-state index >= 15 is 0 Å². The molecule has 0 saturated heterocycles. The molecule has 3 heteroatoms. The van der Waals surface area contributed by atoms with Gasteiger partial charge >= 0.3 is 0 Å². The van der Waals surface area contributed by atoms with Crippen LogP contribution in [0.4, 0.5) is 0 Å². The second-order valence-electron chi connectivity index (χ2n) is 4.60. The van der Waals surface area contributed by atoms with Crippen molar-refractivity contribution in [1.82, 2.24) is 10.2 Å². The molecule has 0 aromatic heterocycles. The van der Waals surface area contributed by atoms with Crippen LogP contribution in [0.1, 0.15) is 46.0 Å². The fourth-order valence-corrected chi connectivity index (χ4v) is 2.26. The molecule has 1 aliphatic rings. The molecule has 1 amide bonds. The van der Waals surface area contributed by atoms with Crippen LogP contribution in [0.5, 0.6) is 0 Å². The number of rotatable bonds is 7. The van der Waals surface area contributed by atoms with Crippen LogP contribution in [0.25, 0.3) is 0 Å². The highest BCUT2D eigenvalue weighted by Gasteiger charge is 2.08. The van der Waals surface area contributed by atoms with E-state index in [0.717, 1.165) is 26.1 Å². The number of nitrogens with zero attached hydrogens (tertiary/aromatic N) is 1. The third-order valence-electron chi connectivity index (χ3n) is 3.40. The molecule has 1 rings (SSSR count). The summed E-state index contributed by atoms with van der Waals surface area (Å²) in [5, 5.41) is 3.25. The molecule has 0 saturated carbocycles. The first kappa shape index (κ1) is 14.2. The molecular formula is C14H26N2O. The van der Waals surface area contributed by atoms with E-state index in [1.165, 1.54) is 25.7 Å². The minimum atomic E-state index is 0.215. The molecule has 0 unspecified atom stereocenters. The molecule has 0 fully saturated rings. The van der Waals surface area contributed by atoms with E-state index in [0.29, 0.717) is 6.54 Å². The number of hydrogen-bond acceptors (Lipinski definition) is 2. The van der Waals surface area contributed by atoms with E-state index in [4.69, 9.17) is 0 Å². The molecule has 1 aliphatic carbocycles. The summed E-state index contributed by atoms with van der Waals surface area (Å²) in [6.45, 7) is 7.07. The molecule has 17 heavy (non-hydrogen) atoms. The molecule has 3 nitrogen and oxygen atoms in total. The Morgan fingerprint density at radius 2 is 2.12 bits per heavy atom. The van der Waals surface area contributed by atoms with E-state index < -0.39 is 0 Å². The second-order valence-corrected chi connectivity index (χ2v) is 4.60. The third-order valence-corrected chi connectivity index (χ3v) is 3.40. The zero-order valence-corrected chi connectivity index (χ0v) is 11.3. The van der Waals surface area contributed by atoms with Gasteiger partial charge in [0.1, 0.15) is 0 Å². The van der Waals surface area contributed by atoms with Crippen molar-refractivity contribution in [1.29, 1.82) is 0 Å². The summed E-state index contributed by atoms with van der Waals surface area (Å²) in [7, 11) is 0. The zero-order chi connectivity index (χ0) is 12.5. The van der Waals surface area contributed by atoms with Crippen LogP contribution in [0.2, 0.25) is 0 Å². The third kappa shape index (κ3) is 5.35. The van der Waals surface area contributed by atoms with Crippen molar-refractivity contribution in [2.75, 3.05) is 26.2 Å². The summed E-state index contributed by atoms with van der Waals surface area (Å²) in [6.07, 6.45) is 8.66. The predicted molar refractivity (Wildman–Crippen MR) is 72.0 cm³/mol.